The Labute approximate surface area is 323 Å². The van der Waals surface area contributed by atoms with E-state index in [4.69, 9.17) is 19.3 Å². The van der Waals surface area contributed by atoms with Gasteiger partial charge in [-0.3, -0.25) is 14.3 Å². The van der Waals surface area contributed by atoms with E-state index in [-0.39, 0.29) is 35.3 Å². The summed E-state index contributed by atoms with van der Waals surface area (Å²) >= 11 is 0. The van der Waals surface area contributed by atoms with Gasteiger partial charge in [0.2, 0.25) is 10.0 Å². The number of hydrogen-bond donors (Lipinski definition) is 1. The molecule has 2 fully saturated rings. The fourth-order valence-electron chi connectivity index (χ4n) is 8.60. The van der Waals surface area contributed by atoms with Gasteiger partial charge in [0.25, 0.3) is 11.8 Å². The molecule has 2 aromatic carbocycles. The maximum absolute atomic E-state index is 14.5. The van der Waals surface area contributed by atoms with Crippen molar-refractivity contribution in [2.24, 2.45) is 5.92 Å². The third-order valence-corrected chi connectivity index (χ3v) is 12.6. The van der Waals surface area contributed by atoms with Crippen molar-refractivity contribution >= 4 is 44.4 Å². The first kappa shape index (κ1) is 38.8. The van der Waals surface area contributed by atoms with Crippen molar-refractivity contribution in [1.82, 2.24) is 24.0 Å². The third kappa shape index (κ3) is 7.84. The monoisotopic (exact) mass is 771 g/mol. The van der Waals surface area contributed by atoms with Crippen molar-refractivity contribution in [3.63, 3.8) is 0 Å². The normalized spacial score (nSPS) is 17.9. The number of hydrogen-bond acceptors (Lipinski definition) is 8. The molecular weight excluding hydrogens is 719 g/mol. The zero-order valence-electron chi connectivity index (χ0n) is 32.8. The second-order valence-corrected chi connectivity index (χ2v) is 17.6. The fourth-order valence-corrected chi connectivity index (χ4v) is 9.96. The summed E-state index contributed by atoms with van der Waals surface area (Å²) < 4.78 is 49.2. The van der Waals surface area contributed by atoms with E-state index in [9.17, 15) is 18.0 Å². The highest BCUT2D eigenvalue weighted by molar-refractivity contribution is 7.90. The van der Waals surface area contributed by atoms with E-state index < -0.39 is 15.9 Å². The van der Waals surface area contributed by atoms with Gasteiger partial charge in [-0.05, 0) is 91.6 Å². The summed E-state index contributed by atoms with van der Waals surface area (Å²) in [5.41, 5.74) is 7.49. The minimum absolute atomic E-state index is 0.0572. The average molecular weight is 772 g/mol. The zero-order valence-corrected chi connectivity index (χ0v) is 33.6. The van der Waals surface area contributed by atoms with E-state index in [1.165, 1.54) is 12.0 Å². The van der Waals surface area contributed by atoms with Gasteiger partial charge >= 0.3 is 0 Å². The predicted molar refractivity (Wildman–Crippen MR) is 214 cm³/mol. The summed E-state index contributed by atoms with van der Waals surface area (Å²) in [7, 11) is -0.545. The summed E-state index contributed by atoms with van der Waals surface area (Å²) in [6.45, 7) is 9.77. The van der Waals surface area contributed by atoms with Gasteiger partial charge in [0.1, 0.15) is 5.75 Å². The molecule has 1 saturated heterocycles. The molecule has 4 heterocycles. The molecule has 294 valence electrons. The van der Waals surface area contributed by atoms with Crippen LogP contribution in [0, 0.1) is 5.92 Å². The molecule has 7 rings (SSSR count). The first-order valence-corrected chi connectivity index (χ1v) is 21.1. The van der Waals surface area contributed by atoms with Gasteiger partial charge in [0.15, 0.2) is 0 Å². The van der Waals surface area contributed by atoms with E-state index in [0.717, 1.165) is 64.7 Å². The van der Waals surface area contributed by atoms with E-state index in [2.05, 4.69) is 35.3 Å². The molecule has 1 atom stereocenters. The number of methoxy groups -OCH3 is 2. The number of amides is 2. The predicted octanol–water partition coefficient (Wildman–Crippen LogP) is 6.90. The molecule has 0 bridgehead atoms. The highest BCUT2D eigenvalue weighted by atomic mass is 32.2. The molecule has 4 aromatic rings. The lowest BCUT2D eigenvalue weighted by Gasteiger charge is -2.32. The van der Waals surface area contributed by atoms with E-state index in [1.54, 1.807) is 40.3 Å². The second-order valence-electron chi connectivity index (χ2n) is 15.8. The smallest absolute Gasteiger partial charge is 0.264 e. The van der Waals surface area contributed by atoms with Gasteiger partial charge in [0.05, 0.1) is 61.9 Å². The number of rotatable bonds is 11. The average Bonchev–Trinajstić information content (AvgIpc) is 3.69. The number of sulfonamides is 1. The van der Waals surface area contributed by atoms with Crippen LogP contribution in [0.2, 0.25) is 0 Å². The Hall–Kier alpha value is -4.46. The molecule has 0 unspecified atom stereocenters. The summed E-state index contributed by atoms with van der Waals surface area (Å²) in [5.74, 6) is -0.0498. The number of carbonyl (C=O) groups excluding carboxylic acids is 2. The highest BCUT2D eigenvalue weighted by Crippen LogP contribution is 2.48. The molecule has 0 radical (unpaired) electrons. The van der Waals surface area contributed by atoms with Gasteiger partial charge < -0.3 is 23.7 Å². The minimum atomic E-state index is -3.83. The van der Waals surface area contributed by atoms with Gasteiger partial charge in [-0.15, -0.1) is 0 Å². The number of aromatic nitrogens is 3. The Morgan fingerprint density at radius 1 is 1.02 bits per heavy atom. The van der Waals surface area contributed by atoms with Crippen molar-refractivity contribution in [3.05, 3.63) is 70.5 Å². The molecule has 12 nitrogen and oxygen atoms in total. The number of benzene rings is 2. The molecule has 0 spiro atoms. The minimum Gasteiger partial charge on any atom is -0.497 e. The van der Waals surface area contributed by atoms with Crippen molar-refractivity contribution in [1.29, 1.82) is 0 Å². The molecule has 1 aliphatic carbocycles. The highest BCUT2D eigenvalue weighted by Gasteiger charge is 2.34. The number of carbonyl (C=O) groups is 2. The van der Waals surface area contributed by atoms with Crippen molar-refractivity contribution < 1.29 is 32.2 Å². The fraction of sp³-hybridized carbons (Fsp3) is 0.500. The first-order chi connectivity index (χ1) is 26.4. The van der Waals surface area contributed by atoms with Crippen LogP contribution in [0.4, 0.5) is 0 Å². The topological polar surface area (TPSA) is 134 Å². The maximum Gasteiger partial charge on any atom is 0.264 e. The van der Waals surface area contributed by atoms with Gasteiger partial charge in [-0.2, -0.15) is 5.10 Å². The van der Waals surface area contributed by atoms with Crippen LogP contribution in [-0.4, -0.2) is 91.9 Å². The largest absolute Gasteiger partial charge is 0.497 e. The molecule has 1 saturated carbocycles. The third-order valence-electron chi connectivity index (χ3n) is 11.0. The van der Waals surface area contributed by atoms with E-state index in [1.807, 2.05) is 33.8 Å². The first-order valence-electron chi connectivity index (χ1n) is 19.5. The van der Waals surface area contributed by atoms with Crippen LogP contribution >= 0.6 is 0 Å². The molecule has 1 N–H and O–H groups in total. The lowest BCUT2D eigenvalue weighted by Crippen LogP contribution is -2.47. The number of nitrogens with one attached hydrogen (secondary N) is 1. The van der Waals surface area contributed by atoms with Crippen LogP contribution in [0.5, 0.6) is 5.75 Å². The Morgan fingerprint density at radius 3 is 2.51 bits per heavy atom. The Bertz CT molecular complexity index is 2230. The number of ether oxygens (including phenoxy) is 3. The Kier molecular flexibility index (Phi) is 11.3. The van der Waals surface area contributed by atoms with Crippen LogP contribution in [0.1, 0.15) is 109 Å². The van der Waals surface area contributed by atoms with Crippen LogP contribution in [0.15, 0.2) is 42.6 Å². The Balaban J connectivity index is 1.43. The molecule has 13 heteroatoms. The molecule has 2 amide bonds. The summed E-state index contributed by atoms with van der Waals surface area (Å²) in [6, 6.07) is 11.6. The number of nitrogens with zero attached hydrogens (tertiary/aromatic N) is 4. The quantitative estimate of drug-likeness (QED) is 0.174. The van der Waals surface area contributed by atoms with Gasteiger partial charge in [0, 0.05) is 48.3 Å². The lowest BCUT2D eigenvalue weighted by atomic mass is 9.81. The van der Waals surface area contributed by atoms with E-state index in [0.29, 0.717) is 50.1 Å². The lowest BCUT2D eigenvalue weighted by molar-refractivity contribution is -0.0531. The van der Waals surface area contributed by atoms with E-state index >= 15 is 0 Å². The molecule has 2 aliphatic heterocycles. The second kappa shape index (κ2) is 16.0. The molecule has 2 aromatic heterocycles. The number of fused-ring (bicyclic) bond motifs is 5. The SMILES string of the molecule is COC[C@@H]1CN(C(=O)c2cnn(C(C)C)c2C2=Cc3cc(OC)ccc3-c3c(C4CCCCC4)c4ccc(C(=O)NS(=O)(=O)CC(C)C)cc4n3C2)CCO1. The molecule has 55 heavy (non-hydrogen) atoms. The van der Waals surface area contributed by atoms with Crippen molar-refractivity contribution in [2.45, 2.75) is 84.4 Å². The van der Waals surface area contributed by atoms with Crippen LogP contribution in [0.25, 0.3) is 33.8 Å². The zero-order chi connectivity index (χ0) is 39.0. The van der Waals surface area contributed by atoms with Crippen LogP contribution in [0.3, 0.4) is 0 Å². The number of allylic oxidation sites excluding steroid dienone is 1. The van der Waals surface area contributed by atoms with Gasteiger partial charge in [-0.1, -0.05) is 39.2 Å². The molecule has 3 aliphatic rings. The standard InChI is InChI=1S/C42H53N5O7S/c1-26(2)25-55(50,51)44-41(48)29-12-14-35-37(20-29)46-22-31(18-30-19-32(53-6)13-15-34(30)40(46)38(35)28-10-8-7-9-11-28)39-36(21-43-47(39)27(3)4)42(49)45-16-17-54-33(23-45)24-52-5/h12-15,18-21,26-28,33H,7-11,16-17,22-25H2,1-6H3,(H,44,48)/t33-/m0/s1. The van der Waals surface area contributed by atoms with Crippen LogP contribution < -0.4 is 9.46 Å². The van der Waals surface area contributed by atoms with Crippen molar-refractivity contribution in [3.8, 4) is 17.0 Å². The molecular formula is C42H53N5O7S. The van der Waals surface area contributed by atoms with Crippen molar-refractivity contribution in [2.75, 3.05) is 46.3 Å². The van der Waals surface area contributed by atoms with Crippen LogP contribution in [-0.2, 0) is 26.0 Å². The summed E-state index contributed by atoms with van der Waals surface area (Å²) in [6.07, 6.45) is 9.18. The van der Waals surface area contributed by atoms with Gasteiger partial charge in [-0.25, -0.2) is 13.1 Å². The maximum atomic E-state index is 14.5. The number of morpholine rings is 1. The Morgan fingerprint density at radius 2 is 1.80 bits per heavy atom. The summed E-state index contributed by atoms with van der Waals surface area (Å²) in [4.78, 5) is 29.9. The summed E-state index contributed by atoms with van der Waals surface area (Å²) in [5, 5.41) is 5.84.